The number of anilines is 1. The summed E-state index contributed by atoms with van der Waals surface area (Å²) in [4.78, 5) is 56.1. The Morgan fingerprint density at radius 1 is 0.895 bits per heavy atom. The summed E-state index contributed by atoms with van der Waals surface area (Å²) in [6.45, 7) is 1.29. The number of nitrogens with zero attached hydrogens (tertiary/aromatic N) is 2. The second kappa shape index (κ2) is 9.11. The van der Waals surface area contributed by atoms with Crippen molar-refractivity contribution in [1.29, 1.82) is 0 Å². The molecular formula is C29H20Cl2N2O5. The van der Waals surface area contributed by atoms with Gasteiger partial charge in [0.2, 0.25) is 11.8 Å². The van der Waals surface area contributed by atoms with E-state index in [0.29, 0.717) is 16.3 Å². The van der Waals surface area contributed by atoms with Gasteiger partial charge in [0.15, 0.2) is 5.78 Å². The molecule has 4 atom stereocenters. The number of rotatable bonds is 4. The van der Waals surface area contributed by atoms with Crippen LogP contribution in [0.25, 0.3) is 6.08 Å². The molecule has 0 radical (unpaired) electrons. The van der Waals surface area contributed by atoms with Gasteiger partial charge in [-0.2, -0.15) is 0 Å². The van der Waals surface area contributed by atoms with Crippen LogP contribution >= 0.6 is 23.2 Å². The molecule has 2 fully saturated rings. The molecule has 38 heavy (non-hydrogen) atoms. The number of benzene rings is 3. The number of carbonyl (C=O) groups excluding carboxylic acids is 4. The first-order chi connectivity index (χ1) is 18.3. The number of ether oxygens (including phenoxy) is 1. The standard InChI is InChI=1S/C29H20Cl2N2O5/c1-15(34)38-19-9-6-17(7-10-19)27(35)26-24-23(25-20-5-3-2-4-16(20)12-13-32(25)26)28(36)33(29(24)37)22-11-8-18(30)14-21(22)31/h2-14,23-26H,1H3/t23-,24+,25+,26+/m1/s1. The zero-order valence-electron chi connectivity index (χ0n) is 20.0. The Balaban J connectivity index is 1.45. The number of Topliss-reactive ketones (excluding diaryl/α,β-unsaturated/α-hetero) is 1. The highest BCUT2D eigenvalue weighted by atomic mass is 35.5. The fourth-order valence-corrected chi connectivity index (χ4v) is 6.27. The zero-order chi connectivity index (χ0) is 26.7. The molecule has 7 nitrogen and oxygen atoms in total. The second-order valence-electron chi connectivity index (χ2n) is 9.42. The van der Waals surface area contributed by atoms with Crippen molar-refractivity contribution in [1.82, 2.24) is 4.90 Å². The SMILES string of the molecule is CC(=O)Oc1ccc(C(=O)[C@@H]2[C@H]3C(=O)N(c4ccc(Cl)cc4Cl)C(=O)[C@H]3[C@@H]3c4ccccc4C=CN23)cc1. The van der Waals surface area contributed by atoms with Crippen molar-refractivity contribution in [3.05, 3.63) is 99.7 Å². The number of amides is 2. The third kappa shape index (κ3) is 3.73. The van der Waals surface area contributed by atoms with E-state index in [1.54, 1.807) is 30.5 Å². The van der Waals surface area contributed by atoms with Gasteiger partial charge in [-0.3, -0.25) is 19.2 Å². The molecule has 3 heterocycles. The maximum atomic E-state index is 14.0. The molecule has 190 valence electrons. The molecule has 3 aromatic carbocycles. The van der Waals surface area contributed by atoms with E-state index in [1.807, 2.05) is 35.2 Å². The lowest BCUT2D eigenvalue weighted by Crippen LogP contribution is -2.44. The number of halogens is 2. The van der Waals surface area contributed by atoms with Gasteiger partial charge in [0.25, 0.3) is 0 Å². The Morgan fingerprint density at radius 3 is 2.32 bits per heavy atom. The summed E-state index contributed by atoms with van der Waals surface area (Å²) in [6.07, 6.45) is 3.68. The summed E-state index contributed by atoms with van der Waals surface area (Å²) < 4.78 is 5.08. The Kier molecular flexibility index (Phi) is 5.85. The number of hydrogen-bond donors (Lipinski definition) is 0. The maximum absolute atomic E-state index is 14.0. The Labute approximate surface area is 228 Å². The van der Waals surface area contributed by atoms with Gasteiger partial charge in [0.1, 0.15) is 11.8 Å². The van der Waals surface area contributed by atoms with Gasteiger partial charge >= 0.3 is 5.97 Å². The minimum absolute atomic E-state index is 0.170. The van der Waals surface area contributed by atoms with Crippen LogP contribution in [0, 0.1) is 11.8 Å². The van der Waals surface area contributed by atoms with Crippen LogP contribution in [-0.2, 0) is 14.4 Å². The van der Waals surface area contributed by atoms with E-state index in [1.165, 1.54) is 25.1 Å². The van der Waals surface area contributed by atoms with Gasteiger partial charge < -0.3 is 9.64 Å². The highest BCUT2D eigenvalue weighted by molar-refractivity contribution is 6.38. The van der Waals surface area contributed by atoms with E-state index < -0.39 is 41.7 Å². The predicted molar refractivity (Wildman–Crippen MR) is 142 cm³/mol. The average Bonchev–Trinajstić information content (AvgIpc) is 3.36. The van der Waals surface area contributed by atoms with Crippen molar-refractivity contribution in [3.63, 3.8) is 0 Å². The molecule has 2 amide bonds. The Morgan fingerprint density at radius 2 is 1.61 bits per heavy atom. The number of imide groups is 1. The first kappa shape index (κ1) is 24.4. The van der Waals surface area contributed by atoms with Gasteiger partial charge in [0.05, 0.1) is 28.6 Å². The van der Waals surface area contributed by atoms with Gasteiger partial charge in [0, 0.05) is 23.7 Å². The molecule has 0 unspecified atom stereocenters. The van der Waals surface area contributed by atoms with Gasteiger partial charge in [-0.1, -0.05) is 47.5 Å². The third-order valence-corrected chi connectivity index (χ3v) is 7.82. The Hall–Kier alpha value is -3.94. The van der Waals surface area contributed by atoms with Crippen molar-refractivity contribution in [2.75, 3.05) is 4.90 Å². The molecule has 6 rings (SSSR count). The summed E-state index contributed by atoms with van der Waals surface area (Å²) in [7, 11) is 0. The van der Waals surface area contributed by atoms with Crippen molar-refractivity contribution in [2.45, 2.75) is 19.0 Å². The number of fused-ring (bicyclic) bond motifs is 5. The normalized spacial score (nSPS) is 23.2. The quantitative estimate of drug-likeness (QED) is 0.190. The molecule has 2 saturated heterocycles. The molecule has 3 aromatic rings. The van der Waals surface area contributed by atoms with E-state index >= 15 is 0 Å². The fourth-order valence-electron chi connectivity index (χ4n) is 5.78. The molecule has 0 aliphatic carbocycles. The Bertz CT molecular complexity index is 1550. The van der Waals surface area contributed by atoms with E-state index in [9.17, 15) is 19.2 Å². The smallest absolute Gasteiger partial charge is 0.308 e. The first-order valence-corrected chi connectivity index (χ1v) is 12.7. The first-order valence-electron chi connectivity index (χ1n) is 12.0. The molecule has 3 aliphatic rings. The molecule has 0 spiro atoms. The lowest BCUT2D eigenvalue weighted by atomic mass is 9.83. The molecular weight excluding hydrogens is 527 g/mol. The molecule has 0 saturated carbocycles. The van der Waals surface area contributed by atoms with Crippen LogP contribution in [0.5, 0.6) is 5.75 Å². The van der Waals surface area contributed by atoms with Crippen LogP contribution in [0.1, 0.15) is 34.5 Å². The van der Waals surface area contributed by atoms with Gasteiger partial charge in [-0.15, -0.1) is 0 Å². The summed E-state index contributed by atoms with van der Waals surface area (Å²) in [5, 5.41) is 0.546. The third-order valence-electron chi connectivity index (χ3n) is 7.28. The summed E-state index contributed by atoms with van der Waals surface area (Å²) >= 11 is 12.5. The molecule has 0 bridgehead atoms. The van der Waals surface area contributed by atoms with Crippen LogP contribution in [0.3, 0.4) is 0 Å². The topological polar surface area (TPSA) is 84.0 Å². The summed E-state index contributed by atoms with van der Waals surface area (Å²) in [5.41, 5.74) is 2.37. The molecule has 0 N–H and O–H groups in total. The highest BCUT2D eigenvalue weighted by Crippen LogP contribution is 2.54. The van der Waals surface area contributed by atoms with Crippen LogP contribution in [0.4, 0.5) is 5.69 Å². The van der Waals surface area contributed by atoms with Crippen LogP contribution in [-0.4, -0.2) is 34.5 Å². The molecule has 0 aromatic heterocycles. The van der Waals surface area contributed by atoms with Crippen LogP contribution in [0.15, 0.2) is 72.9 Å². The van der Waals surface area contributed by atoms with E-state index in [4.69, 9.17) is 27.9 Å². The van der Waals surface area contributed by atoms with Crippen molar-refractivity contribution in [2.24, 2.45) is 11.8 Å². The lowest BCUT2D eigenvalue weighted by Gasteiger charge is -2.35. The van der Waals surface area contributed by atoms with Gasteiger partial charge in [-0.05, 0) is 59.7 Å². The zero-order valence-corrected chi connectivity index (χ0v) is 21.5. The lowest BCUT2D eigenvalue weighted by molar-refractivity contribution is -0.132. The number of ketones is 1. The number of carbonyl (C=O) groups is 4. The number of hydrogen-bond acceptors (Lipinski definition) is 6. The number of esters is 1. The highest BCUT2D eigenvalue weighted by Gasteiger charge is 2.64. The molecule has 3 aliphatic heterocycles. The monoisotopic (exact) mass is 546 g/mol. The van der Waals surface area contributed by atoms with E-state index in [2.05, 4.69) is 0 Å². The van der Waals surface area contributed by atoms with Crippen molar-refractivity contribution in [3.8, 4) is 5.75 Å². The minimum Gasteiger partial charge on any atom is -0.427 e. The average molecular weight is 547 g/mol. The van der Waals surface area contributed by atoms with Crippen molar-refractivity contribution < 1.29 is 23.9 Å². The van der Waals surface area contributed by atoms with Crippen LogP contribution in [0.2, 0.25) is 10.0 Å². The largest absolute Gasteiger partial charge is 0.427 e. The predicted octanol–water partition coefficient (Wildman–Crippen LogP) is 5.32. The van der Waals surface area contributed by atoms with Crippen LogP contribution < -0.4 is 9.64 Å². The van der Waals surface area contributed by atoms with Crippen molar-refractivity contribution >= 4 is 58.5 Å². The van der Waals surface area contributed by atoms with Gasteiger partial charge in [-0.25, -0.2) is 4.90 Å². The maximum Gasteiger partial charge on any atom is 0.308 e. The summed E-state index contributed by atoms with van der Waals surface area (Å²) in [6, 6.07) is 17.0. The fraction of sp³-hybridized carbons (Fsp3) is 0.172. The minimum atomic E-state index is -0.935. The molecule has 9 heteroatoms. The van der Waals surface area contributed by atoms with E-state index in [0.717, 1.165) is 16.0 Å². The van der Waals surface area contributed by atoms with E-state index in [-0.39, 0.29) is 16.5 Å². The summed E-state index contributed by atoms with van der Waals surface area (Å²) in [5.74, 6) is -3.11. The second-order valence-corrected chi connectivity index (χ2v) is 10.3.